The summed E-state index contributed by atoms with van der Waals surface area (Å²) in [5.41, 5.74) is 0.0411. The van der Waals surface area contributed by atoms with Crippen LogP contribution in [0.4, 0.5) is 0 Å². The van der Waals surface area contributed by atoms with Crippen LogP contribution in [0.3, 0.4) is 0 Å². The third-order valence-corrected chi connectivity index (χ3v) is 3.79. The van der Waals surface area contributed by atoms with Gasteiger partial charge in [-0.1, -0.05) is 18.2 Å². The van der Waals surface area contributed by atoms with Gasteiger partial charge in [0.25, 0.3) is 0 Å². The van der Waals surface area contributed by atoms with Crippen molar-refractivity contribution in [3.8, 4) is 0 Å². The van der Waals surface area contributed by atoms with E-state index in [0.717, 1.165) is 5.92 Å². The van der Waals surface area contributed by atoms with Crippen molar-refractivity contribution in [2.45, 2.75) is 31.0 Å². The van der Waals surface area contributed by atoms with Crippen LogP contribution in [-0.2, 0) is 4.74 Å². The van der Waals surface area contributed by atoms with E-state index in [2.05, 4.69) is 24.8 Å². The molecule has 2 heterocycles. The average molecular weight is 162 g/mol. The summed E-state index contributed by atoms with van der Waals surface area (Å²) >= 11 is 0. The van der Waals surface area contributed by atoms with Gasteiger partial charge in [0.2, 0.25) is 0 Å². The Morgan fingerprint density at radius 3 is 3.17 bits per heavy atom. The smallest absolute Gasteiger partial charge is 0.0959 e. The van der Waals surface area contributed by atoms with Crippen LogP contribution in [0.15, 0.2) is 24.8 Å². The minimum Gasteiger partial charge on any atom is -0.363 e. The molecule has 0 spiro atoms. The van der Waals surface area contributed by atoms with E-state index in [0.29, 0.717) is 12.0 Å². The van der Waals surface area contributed by atoms with E-state index in [4.69, 9.17) is 4.74 Å². The first-order valence-corrected chi connectivity index (χ1v) is 4.85. The molecule has 2 fully saturated rings. The average Bonchev–Trinajstić information content (AvgIpc) is 2.52. The van der Waals surface area contributed by atoms with Crippen LogP contribution >= 0.6 is 0 Å². The first-order valence-electron chi connectivity index (χ1n) is 4.85. The van der Waals surface area contributed by atoms with Crippen LogP contribution < -0.4 is 0 Å². The summed E-state index contributed by atoms with van der Waals surface area (Å²) in [5.74, 6) is 1.37. The highest BCUT2D eigenvalue weighted by Crippen LogP contribution is 2.55. The zero-order chi connectivity index (χ0) is 8.18. The molecule has 0 amide bonds. The van der Waals surface area contributed by atoms with Crippen molar-refractivity contribution >= 4 is 0 Å². The first kappa shape index (κ1) is 6.90. The van der Waals surface area contributed by atoms with E-state index in [-0.39, 0.29) is 5.60 Å². The van der Waals surface area contributed by atoms with Crippen LogP contribution in [0.25, 0.3) is 0 Å². The Bertz CT molecular complexity index is 256. The Morgan fingerprint density at radius 1 is 1.42 bits per heavy atom. The Hall–Kier alpha value is -0.560. The highest BCUT2D eigenvalue weighted by Gasteiger charge is 2.55. The van der Waals surface area contributed by atoms with Crippen LogP contribution in [0, 0.1) is 11.8 Å². The molecule has 4 unspecified atom stereocenters. The normalized spacial score (nSPS) is 54.5. The number of ether oxygens (including phenoxy) is 1. The van der Waals surface area contributed by atoms with E-state index in [1.807, 2.05) is 0 Å². The second kappa shape index (κ2) is 2.02. The van der Waals surface area contributed by atoms with E-state index in [1.165, 1.54) is 19.3 Å². The quantitative estimate of drug-likeness (QED) is 0.537. The van der Waals surface area contributed by atoms with Gasteiger partial charge in [0.1, 0.15) is 0 Å². The maximum absolute atomic E-state index is 6.02. The Morgan fingerprint density at radius 2 is 2.33 bits per heavy atom. The summed E-state index contributed by atoms with van der Waals surface area (Å²) in [6, 6.07) is 0. The number of rotatable bonds is 1. The van der Waals surface area contributed by atoms with Gasteiger partial charge in [0.05, 0.1) is 11.7 Å². The zero-order valence-corrected chi connectivity index (χ0v) is 7.20. The highest BCUT2D eigenvalue weighted by molar-refractivity contribution is 5.24. The van der Waals surface area contributed by atoms with E-state index in [1.54, 1.807) is 0 Å². The second-order valence-corrected chi connectivity index (χ2v) is 4.22. The molecule has 0 radical (unpaired) electrons. The largest absolute Gasteiger partial charge is 0.363 e. The van der Waals surface area contributed by atoms with Gasteiger partial charge in [-0.3, -0.25) is 0 Å². The number of fused-ring (bicyclic) bond motifs is 1. The van der Waals surface area contributed by atoms with Crippen molar-refractivity contribution in [3.63, 3.8) is 0 Å². The molecule has 2 bridgehead atoms. The lowest BCUT2D eigenvalue weighted by Gasteiger charge is -2.33. The van der Waals surface area contributed by atoms with E-state index >= 15 is 0 Å². The Labute approximate surface area is 73.1 Å². The first-order chi connectivity index (χ1) is 5.85. The van der Waals surface area contributed by atoms with Gasteiger partial charge in [-0.05, 0) is 25.2 Å². The van der Waals surface area contributed by atoms with Crippen molar-refractivity contribution in [2.24, 2.45) is 11.8 Å². The standard InChI is InChI=1S/C11H14O/c1-2-11-8-3-4-9(11)7-10(12-11)6-5-8/h2,5-6,8-10H,1,3-4,7H2. The van der Waals surface area contributed by atoms with Crippen LogP contribution in [0.2, 0.25) is 0 Å². The predicted molar refractivity (Wildman–Crippen MR) is 47.8 cm³/mol. The maximum Gasteiger partial charge on any atom is 0.0959 e. The molecular weight excluding hydrogens is 148 g/mol. The summed E-state index contributed by atoms with van der Waals surface area (Å²) in [6.07, 6.45) is 10.9. The molecule has 2 aliphatic heterocycles. The predicted octanol–water partition coefficient (Wildman–Crippen LogP) is 2.30. The number of hydrogen-bond donors (Lipinski definition) is 0. The molecule has 64 valence electrons. The summed E-state index contributed by atoms with van der Waals surface area (Å²) in [5, 5.41) is 0. The molecule has 1 nitrogen and oxygen atoms in total. The van der Waals surface area contributed by atoms with E-state index in [9.17, 15) is 0 Å². The molecule has 0 aromatic rings. The summed E-state index contributed by atoms with van der Waals surface area (Å²) in [7, 11) is 0. The van der Waals surface area contributed by atoms with E-state index < -0.39 is 0 Å². The maximum atomic E-state index is 6.02. The second-order valence-electron chi connectivity index (χ2n) is 4.22. The molecule has 0 aromatic carbocycles. The Kier molecular flexibility index (Phi) is 1.16. The fourth-order valence-corrected chi connectivity index (χ4v) is 3.20. The molecular formula is C11H14O. The van der Waals surface area contributed by atoms with Crippen molar-refractivity contribution in [1.82, 2.24) is 0 Å². The Balaban J connectivity index is 2.12. The molecule has 12 heavy (non-hydrogen) atoms. The minimum atomic E-state index is 0.0411. The van der Waals surface area contributed by atoms with Crippen LogP contribution in [0.5, 0.6) is 0 Å². The third kappa shape index (κ3) is 0.601. The lowest BCUT2D eigenvalue weighted by molar-refractivity contribution is -0.0253. The van der Waals surface area contributed by atoms with Gasteiger partial charge in [-0.15, -0.1) is 6.58 Å². The lowest BCUT2D eigenvalue weighted by Crippen LogP contribution is -2.37. The monoisotopic (exact) mass is 162 g/mol. The minimum absolute atomic E-state index is 0.0411. The van der Waals surface area contributed by atoms with Crippen molar-refractivity contribution < 1.29 is 4.74 Å². The molecule has 1 aliphatic carbocycles. The van der Waals surface area contributed by atoms with Crippen LogP contribution in [-0.4, -0.2) is 11.7 Å². The fraction of sp³-hybridized carbons (Fsp3) is 0.636. The SMILES string of the molecule is C=CC12OC3C=CC1CCC2C3. The lowest BCUT2D eigenvalue weighted by atomic mass is 9.85. The van der Waals surface area contributed by atoms with Gasteiger partial charge < -0.3 is 4.74 Å². The third-order valence-electron chi connectivity index (χ3n) is 3.79. The highest BCUT2D eigenvalue weighted by atomic mass is 16.5. The summed E-state index contributed by atoms with van der Waals surface area (Å²) < 4.78 is 6.02. The molecule has 3 aliphatic rings. The molecule has 1 saturated carbocycles. The van der Waals surface area contributed by atoms with Gasteiger partial charge in [-0.2, -0.15) is 0 Å². The van der Waals surface area contributed by atoms with Gasteiger partial charge in [0, 0.05) is 5.92 Å². The zero-order valence-electron chi connectivity index (χ0n) is 7.20. The van der Waals surface area contributed by atoms with Crippen molar-refractivity contribution in [2.75, 3.05) is 0 Å². The van der Waals surface area contributed by atoms with Gasteiger partial charge in [0.15, 0.2) is 0 Å². The van der Waals surface area contributed by atoms with Gasteiger partial charge in [-0.25, -0.2) is 0 Å². The van der Waals surface area contributed by atoms with Gasteiger partial charge >= 0.3 is 0 Å². The molecule has 3 rings (SSSR count). The molecule has 0 aromatic heterocycles. The number of hydrogen-bond acceptors (Lipinski definition) is 1. The molecule has 1 saturated heterocycles. The van der Waals surface area contributed by atoms with Crippen molar-refractivity contribution in [1.29, 1.82) is 0 Å². The van der Waals surface area contributed by atoms with Crippen molar-refractivity contribution in [3.05, 3.63) is 24.8 Å². The topological polar surface area (TPSA) is 9.23 Å². The fourth-order valence-electron chi connectivity index (χ4n) is 3.20. The molecule has 1 heteroatoms. The molecule has 4 atom stereocenters. The summed E-state index contributed by atoms with van der Waals surface area (Å²) in [4.78, 5) is 0. The summed E-state index contributed by atoms with van der Waals surface area (Å²) in [6.45, 7) is 3.94. The van der Waals surface area contributed by atoms with Crippen LogP contribution in [0.1, 0.15) is 19.3 Å². The molecule has 0 N–H and O–H groups in total.